The summed E-state index contributed by atoms with van der Waals surface area (Å²) in [5, 5.41) is 8.63. The Bertz CT molecular complexity index is 869. The van der Waals surface area contributed by atoms with Gasteiger partial charge in [-0.25, -0.2) is 0 Å². The number of nitrogens with one attached hydrogen (secondary N) is 3. The lowest BCUT2D eigenvalue weighted by molar-refractivity contribution is -0.144. The highest BCUT2D eigenvalue weighted by Crippen LogP contribution is 2.38. The van der Waals surface area contributed by atoms with Crippen molar-refractivity contribution in [1.82, 2.24) is 10.6 Å². The monoisotopic (exact) mass is 441 g/mol. The summed E-state index contributed by atoms with van der Waals surface area (Å²) in [4.78, 5) is 12.3. The molecule has 1 unspecified atom stereocenters. The summed E-state index contributed by atoms with van der Waals surface area (Å²) in [5.74, 6) is 0.310. The third-order valence-electron chi connectivity index (χ3n) is 4.97. The van der Waals surface area contributed by atoms with Gasteiger partial charge < -0.3 is 20.7 Å². The molecule has 1 aliphatic rings. The van der Waals surface area contributed by atoms with Crippen LogP contribution in [0.25, 0.3) is 0 Å². The number of carbonyl (C=O) groups is 1. The Kier molecular flexibility index (Phi) is 7.10. The number of ether oxygens (including phenoxy) is 1. The summed E-state index contributed by atoms with van der Waals surface area (Å²) in [7, 11) is 1.48. The predicted octanol–water partition coefficient (Wildman–Crippen LogP) is 4.43. The zero-order valence-corrected chi connectivity index (χ0v) is 17.1. The summed E-state index contributed by atoms with van der Waals surface area (Å²) in [5.41, 5.74) is 0.595. The highest BCUT2D eigenvalue weighted by atomic mass is 35.5. The lowest BCUT2D eigenvalue weighted by Gasteiger charge is -2.26. The van der Waals surface area contributed by atoms with Gasteiger partial charge in [0.1, 0.15) is 11.8 Å². The highest BCUT2D eigenvalue weighted by molar-refractivity contribution is 6.30. The molecule has 30 heavy (non-hydrogen) atoms. The van der Waals surface area contributed by atoms with Crippen LogP contribution >= 0.6 is 11.6 Å². The molecule has 9 heteroatoms. The number of rotatable bonds is 7. The quantitative estimate of drug-likeness (QED) is 0.594. The van der Waals surface area contributed by atoms with E-state index in [1.165, 1.54) is 37.4 Å². The van der Waals surface area contributed by atoms with Gasteiger partial charge in [0.25, 0.3) is 0 Å². The van der Waals surface area contributed by atoms with Crippen molar-refractivity contribution >= 4 is 23.2 Å². The minimum Gasteiger partial charge on any atom is -0.497 e. The van der Waals surface area contributed by atoms with Crippen molar-refractivity contribution in [3.05, 3.63) is 58.6 Å². The van der Waals surface area contributed by atoms with E-state index in [2.05, 4.69) is 16.0 Å². The minimum absolute atomic E-state index is 0.00222. The number of hydrogen-bond donors (Lipinski definition) is 3. The standard InChI is InChI=1S/C21H23ClF3N3O2/c1-30-16-7-5-15(6-8-16)28-19(21(23,24)25)17-9-4-14(22)11-13(17)12-27-20(29)18-3-2-10-26-18/h4-9,11,18-19,26,28H,2-3,10,12H2,1H3,(H,27,29)/t18-,19?/m0/s1. The van der Waals surface area contributed by atoms with Crippen molar-refractivity contribution in [3.8, 4) is 5.75 Å². The molecule has 2 aromatic carbocycles. The molecule has 3 rings (SSSR count). The Hall–Kier alpha value is -2.45. The number of hydrogen-bond acceptors (Lipinski definition) is 4. The maximum Gasteiger partial charge on any atom is 0.412 e. The third kappa shape index (κ3) is 5.58. The second-order valence-electron chi connectivity index (χ2n) is 7.06. The van der Waals surface area contributed by atoms with Gasteiger partial charge in [0.15, 0.2) is 0 Å². The van der Waals surface area contributed by atoms with Gasteiger partial charge in [-0.3, -0.25) is 4.79 Å². The van der Waals surface area contributed by atoms with Crippen LogP contribution in [-0.2, 0) is 11.3 Å². The number of halogens is 4. The SMILES string of the molecule is COc1ccc(NC(c2ccc(Cl)cc2CNC(=O)[C@@H]2CCCN2)C(F)(F)F)cc1. The zero-order valence-electron chi connectivity index (χ0n) is 16.4. The fourth-order valence-electron chi connectivity index (χ4n) is 3.41. The summed E-state index contributed by atoms with van der Waals surface area (Å²) in [6.45, 7) is 0.701. The first kappa shape index (κ1) is 22.2. The van der Waals surface area contributed by atoms with Gasteiger partial charge in [-0.15, -0.1) is 0 Å². The average molecular weight is 442 g/mol. The second kappa shape index (κ2) is 9.57. The fourth-order valence-corrected chi connectivity index (χ4v) is 3.61. The largest absolute Gasteiger partial charge is 0.497 e. The highest BCUT2D eigenvalue weighted by Gasteiger charge is 2.42. The van der Waals surface area contributed by atoms with E-state index in [4.69, 9.17) is 16.3 Å². The van der Waals surface area contributed by atoms with Crippen molar-refractivity contribution in [2.75, 3.05) is 19.0 Å². The normalized spacial score (nSPS) is 17.4. The molecule has 1 heterocycles. The topological polar surface area (TPSA) is 62.4 Å². The summed E-state index contributed by atoms with van der Waals surface area (Å²) in [6.07, 6.45) is -2.97. The molecule has 162 valence electrons. The maximum atomic E-state index is 13.9. The fraction of sp³-hybridized carbons (Fsp3) is 0.381. The van der Waals surface area contributed by atoms with Crippen LogP contribution in [0.15, 0.2) is 42.5 Å². The first-order valence-electron chi connectivity index (χ1n) is 9.54. The van der Waals surface area contributed by atoms with Crippen molar-refractivity contribution in [2.24, 2.45) is 0 Å². The molecule has 1 amide bonds. The van der Waals surface area contributed by atoms with E-state index >= 15 is 0 Å². The molecule has 0 saturated carbocycles. The smallest absolute Gasteiger partial charge is 0.412 e. The molecule has 0 radical (unpaired) electrons. The molecule has 1 fully saturated rings. The molecule has 2 atom stereocenters. The molecular weight excluding hydrogens is 419 g/mol. The van der Waals surface area contributed by atoms with Crippen LogP contribution in [0.1, 0.15) is 30.0 Å². The first-order valence-corrected chi connectivity index (χ1v) is 9.92. The first-order chi connectivity index (χ1) is 14.3. The van der Waals surface area contributed by atoms with Gasteiger partial charge in [-0.2, -0.15) is 13.2 Å². The minimum atomic E-state index is -4.57. The van der Waals surface area contributed by atoms with E-state index in [1.807, 2.05) is 0 Å². The van der Waals surface area contributed by atoms with Crippen LogP contribution in [0.5, 0.6) is 5.75 Å². The van der Waals surface area contributed by atoms with E-state index in [0.29, 0.717) is 28.4 Å². The Balaban J connectivity index is 1.84. The molecule has 2 aromatic rings. The lowest BCUT2D eigenvalue weighted by atomic mass is 9.99. The number of alkyl halides is 3. The van der Waals surface area contributed by atoms with E-state index in [9.17, 15) is 18.0 Å². The summed E-state index contributed by atoms with van der Waals surface area (Å²) in [6, 6.07) is 8.10. The van der Waals surface area contributed by atoms with E-state index in [-0.39, 0.29) is 24.1 Å². The average Bonchev–Trinajstić information content (AvgIpc) is 3.25. The van der Waals surface area contributed by atoms with Crippen molar-refractivity contribution in [2.45, 2.75) is 37.6 Å². The predicted molar refractivity (Wildman–Crippen MR) is 110 cm³/mol. The van der Waals surface area contributed by atoms with Gasteiger partial charge >= 0.3 is 6.18 Å². The molecular formula is C21H23ClF3N3O2. The van der Waals surface area contributed by atoms with Crippen LogP contribution in [0.2, 0.25) is 5.02 Å². The Morgan fingerprint density at radius 3 is 2.60 bits per heavy atom. The summed E-state index contributed by atoms with van der Waals surface area (Å²) < 4.78 is 46.9. The molecule has 0 aliphatic carbocycles. The molecule has 3 N–H and O–H groups in total. The van der Waals surface area contributed by atoms with Crippen molar-refractivity contribution in [3.63, 3.8) is 0 Å². The van der Waals surface area contributed by atoms with Crippen LogP contribution in [-0.4, -0.2) is 31.8 Å². The zero-order chi connectivity index (χ0) is 21.7. The van der Waals surface area contributed by atoms with Crippen LogP contribution in [0.3, 0.4) is 0 Å². The van der Waals surface area contributed by atoms with E-state index < -0.39 is 12.2 Å². The molecule has 0 bridgehead atoms. The number of amides is 1. The van der Waals surface area contributed by atoms with E-state index in [1.54, 1.807) is 12.1 Å². The molecule has 1 saturated heterocycles. The second-order valence-corrected chi connectivity index (χ2v) is 7.49. The van der Waals surface area contributed by atoms with Gasteiger partial charge in [-0.1, -0.05) is 17.7 Å². The Morgan fingerprint density at radius 1 is 1.27 bits per heavy atom. The van der Waals surface area contributed by atoms with Crippen LogP contribution in [0, 0.1) is 0 Å². The Morgan fingerprint density at radius 2 is 2.00 bits per heavy atom. The molecule has 1 aliphatic heterocycles. The number of methoxy groups -OCH3 is 1. The van der Waals surface area contributed by atoms with Crippen LogP contribution < -0.4 is 20.7 Å². The Labute approximate surface area is 177 Å². The number of carbonyl (C=O) groups excluding carboxylic acids is 1. The van der Waals surface area contributed by atoms with Gasteiger partial charge in [0.05, 0.1) is 13.2 Å². The van der Waals surface area contributed by atoms with Crippen molar-refractivity contribution in [1.29, 1.82) is 0 Å². The lowest BCUT2D eigenvalue weighted by Crippen LogP contribution is -2.40. The number of benzene rings is 2. The van der Waals surface area contributed by atoms with Gasteiger partial charge in [-0.05, 0) is 66.9 Å². The van der Waals surface area contributed by atoms with E-state index in [0.717, 1.165) is 13.0 Å². The summed E-state index contributed by atoms with van der Waals surface area (Å²) >= 11 is 6.03. The molecule has 5 nitrogen and oxygen atoms in total. The molecule has 0 aromatic heterocycles. The third-order valence-corrected chi connectivity index (χ3v) is 5.21. The van der Waals surface area contributed by atoms with Gasteiger partial charge in [0.2, 0.25) is 5.91 Å². The van der Waals surface area contributed by atoms with Gasteiger partial charge in [0, 0.05) is 17.3 Å². The number of anilines is 1. The molecule has 0 spiro atoms. The van der Waals surface area contributed by atoms with Crippen molar-refractivity contribution < 1.29 is 22.7 Å². The maximum absolute atomic E-state index is 13.9. The van der Waals surface area contributed by atoms with Crippen LogP contribution in [0.4, 0.5) is 18.9 Å².